The van der Waals surface area contributed by atoms with Gasteiger partial charge in [-0.25, -0.2) is 4.98 Å². The van der Waals surface area contributed by atoms with E-state index < -0.39 is 0 Å². The molecule has 1 aromatic rings. The summed E-state index contributed by atoms with van der Waals surface area (Å²) in [6.45, 7) is 4.79. The van der Waals surface area contributed by atoms with Gasteiger partial charge in [0, 0.05) is 0 Å². The minimum atomic E-state index is -0.00664. The van der Waals surface area contributed by atoms with Crippen molar-refractivity contribution in [3.63, 3.8) is 0 Å². The van der Waals surface area contributed by atoms with Crippen LogP contribution in [0.2, 0.25) is 0 Å². The van der Waals surface area contributed by atoms with Gasteiger partial charge >= 0.3 is 0 Å². The minimum Gasteiger partial charge on any atom is -0.465 e. The van der Waals surface area contributed by atoms with Gasteiger partial charge in [-0.3, -0.25) is 0 Å². The molecule has 0 aliphatic heterocycles. The van der Waals surface area contributed by atoms with E-state index in [1.54, 1.807) is 0 Å². The topological polar surface area (TPSA) is 58.1 Å². The Morgan fingerprint density at radius 2 is 2.21 bits per heavy atom. The van der Waals surface area contributed by atoms with Crippen LogP contribution in [0.25, 0.3) is 0 Å². The monoisotopic (exact) mass is 198 g/mol. The Kier molecular flexibility index (Phi) is 4.46. The molecule has 2 N–H and O–H groups in total. The van der Waals surface area contributed by atoms with E-state index >= 15 is 0 Å². The van der Waals surface area contributed by atoms with Gasteiger partial charge in [0.15, 0.2) is 0 Å². The summed E-state index contributed by atoms with van der Waals surface area (Å²) < 4.78 is 5.39. The highest BCUT2D eigenvalue weighted by Crippen LogP contribution is 2.12. The first kappa shape index (κ1) is 11.0. The molecule has 0 bridgehead atoms. The van der Waals surface area contributed by atoms with Crippen molar-refractivity contribution >= 4 is 0 Å². The van der Waals surface area contributed by atoms with Gasteiger partial charge in [-0.15, -0.1) is 0 Å². The smallest absolute Gasteiger partial charge is 0.294 e. The van der Waals surface area contributed by atoms with Gasteiger partial charge in [-0.05, 0) is 12.8 Å². The zero-order valence-electron chi connectivity index (χ0n) is 8.84. The quantitative estimate of drug-likeness (QED) is 0.683. The maximum absolute atomic E-state index is 9.01. The zero-order valence-corrected chi connectivity index (χ0v) is 8.84. The fraction of sp³-hybridized carbons (Fsp3) is 0.700. The Morgan fingerprint density at radius 1 is 1.43 bits per heavy atom. The van der Waals surface area contributed by atoms with Crippen LogP contribution in [0, 0.1) is 0 Å². The fourth-order valence-corrected chi connectivity index (χ4v) is 1.22. The number of aliphatic hydroxyl groups excluding tert-OH is 1. The van der Waals surface area contributed by atoms with Gasteiger partial charge in [0.1, 0.15) is 0 Å². The first-order valence-electron chi connectivity index (χ1n) is 5.13. The molecule has 0 aromatic carbocycles. The molecule has 4 nitrogen and oxygen atoms in total. The van der Waals surface area contributed by atoms with Gasteiger partial charge in [0.25, 0.3) is 6.01 Å². The lowest BCUT2D eigenvalue weighted by atomic mass is 10.3. The average Bonchev–Trinajstić information content (AvgIpc) is 2.61. The Morgan fingerprint density at radius 3 is 2.71 bits per heavy atom. The molecule has 0 spiro atoms. The standard InChI is InChI=1S/C10H18N2O2/c1-3-5-6-14-10-11-8(4-2)9(7-13)12-10/h13H,3-7H2,1-2H3,(H,11,12). The van der Waals surface area contributed by atoms with Crippen molar-refractivity contribution in [3.05, 3.63) is 11.4 Å². The predicted octanol–water partition coefficient (Wildman–Crippen LogP) is 1.64. The first-order valence-corrected chi connectivity index (χ1v) is 5.13. The molecule has 80 valence electrons. The summed E-state index contributed by atoms with van der Waals surface area (Å²) in [6, 6.07) is 0.527. The highest BCUT2D eigenvalue weighted by atomic mass is 16.5. The lowest BCUT2D eigenvalue weighted by Crippen LogP contribution is -1.97. The Bertz CT molecular complexity index is 250. The number of hydrogen-bond donors (Lipinski definition) is 2. The molecule has 0 fully saturated rings. The van der Waals surface area contributed by atoms with Crippen LogP contribution in [0.4, 0.5) is 0 Å². The van der Waals surface area contributed by atoms with Crippen LogP contribution >= 0.6 is 0 Å². The highest BCUT2D eigenvalue weighted by Gasteiger charge is 2.07. The number of aromatic amines is 1. The molecule has 1 aromatic heterocycles. The molecule has 1 rings (SSSR count). The molecule has 0 saturated carbocycles. The fourth-order valence-electron chi connectivity index (χ4n) is 1.22. The largest absolute Gasteiger partial charge is 0.465 e. The van der Waals surface area contributed by atoms with Crippen LogP contribution in [0.3, 0.4) is 0 Å². The summed E-state index contributed by atoms with van der Waals surface area (Å²) in [5.74, 6) is 0. The second-order valence-corrected chi connectivity index (χ2v) is 3.18. The number of aromatic nitrogens is 2. The van der Waals surface area contributed by atoms with Crippen LogP contribution in [0.15, 0.2) is 0 Å². The maximum atomic E-state index is 9.01. The van der Waals surface area contributed by atoms with E-state index in [0.29, 0.717) is 12.6 Å². The number of aliphatic hydroxyl groups is 1. The van der Waals surface area contributed by atoms with E-state index in [2.05, 4.69) is 16.9 Å². The second-order valence-electron chi connectivity index (χ2n) is 3.18. The number of unbranched alkanes of at least 4 members (excludes halogenated alkanes) is 1. The van der Waals surface area contributed by atoms with Crippen LogP contribution < -0.4 is 4.74 Å². The number of nitrogens with zero attached hydrogens (tertiary/aromatic N) is 1. The van der Waals surface area contributed by atoms with Crippen molar-refractivity contribution in [1.29, 1.82) is 0 Å². The SMILES string of the molecule is CCCCOc1nc(CC)c(CO)[nH]1. The first-order chi connectivity index (χ1) is 6.81. The third kappa shape index (κ3) is 2.73. The summed E-state index contributed by atoms with van der Waals surface area (Å²) in [6.07, 6.45) is 2.94. The number of aryl methyl sites for hydroxylation is 1. The Balaban J connectivity index is 2.55. The van der Waals surface area contributed by atoms with Gasteiger partial charge in [0.2, 0.25) is 0 Å². The lowest BCUT2D eigenvalue weighted by molar-refractivity contribution is 0.269. The average molecular weight is 198 g/mol. The van der Waals surface area contributed by atoms with Gasteiger partial charge in [0.05, 0.1) is 24.6 Å². The number of ether oxygens (including phenoxy) is 1. The number of H-pyrrole nitrogens is 1. The number of nitrogens with one attached hydrogen (secondary N) is 1. The van der Waals surface area contributed by atoms with Crippen molar-refractivity contribution in [2.24, 2.45) is 0 Å². The molecule has 0 radical (unpaired) electrons. The molecule has 0 atom stereocenters. The Hall–Kier alpha value is -1.03. The van der Waals surface area contributed by atoms with Crippen LogP contribution in [0.5, 0.6) is 6.01 Å². The highest BCUT2D eigenvalue weighted by molar-refractivity contribution is 5.16. The van der Waals surface area contributed by atoms with E-state index in [-0.39, 0.29) is 6.61 Å². The van der Waals surface area contributed by atoms with E-state index in [0.717, 1.165) is 30.7 Å². The summed E-state index contributed by atoms with van der Waals surface area (Å²) >= 11 is 0. The van der Waals surface area contributed by atoms with Gasteiger partial charge in [-0.2, -0.15) is 0 Å². The number of hydrogen-bond acceptors (Lipinski definition) is 3. The van der Waals surface area contributed by atoms with E-state index in [1.807, 2.05) is 6.92 Å². The van der Waals surface area contributed by atoms with Gasteiger partial charge < -0.3 is 14.8 Å². The molecule has 0 aliphatic rings. The third-order valence-corrected chi connectivity index (χ3v) is 2.07. The minimum absolute atomic E-state index is 0.00664. The Labute approximate surface area is 84.3 Å². The summed E-state index contributed by atoms with van der Waals surface area (Å²) in [4.78, 5) is 7.19. The molecular formula is C10H18N2O2. The summed E-state index contributed by atoms with van der Waals surface area (Å²) in [5, 5.41) is 9.01. The lowest BCUT2D eigenvalue weighted by Gasteiger charge is -1.99. The molecular weight excluding hydrogens is 180 g/mol. The van der Waals surface area contributed by atoms with Gasteiger partial charge in [-0.1, -0.05) is 20.3 Å². The van der Waals surface area contributed by atoms with Crippen molar-refractivity contribution < 1.29 is 9.84 Å². The van der Waals surface area contributed by atoms with E-state index in [9.17, 15) is 0 Å². The number of rotatable bonds is 6. The normalized spacial score (nSPS) is 10.5. The van der Waals surface area contributed by atoms with Crippen molar-refractivity contribution in [1.82, 2.24) is 9.97 Å². The van der Waals surface area contributed by atoms with Crippen LogP contribution in [-0.2, 0) is 13.0 Å². The van der Waals surface area contributed by atoms with Crippen molar-refractivity contribution in [2.75, 3.05) is 6.61 Å². The molecule has 0 aliphatic carbocycles. The molecule has 0 amide bonds. The van der Waals surface area contributed by atoms with Crippen molar-refractivity contribution in [3.8, 4) is 6.01 Å². The molecule has 1 heterocycles. The molecule has 14 heavy (non-hydrogen) atoms. The maximum Gasteiger partial charge on any atom is 0.294 e. The second kappa shape index (κ2) is 5.65. The van der Waals surface area contributed by atoms with Crippen LogP contribution in [-0.4, -0.2) is 21.7 Å². The third-order valence-electron chi connectivity index (χ3n) is 2.07. The predicted molar refractivity (Wildman–Crippen MR) is 54.3 cm³/mol. The molecule has 4 heteroatoms. The van der Waals surface area contributed by atoms with E-state index in [1.165, 1.54) is 0 Å². The summed E-state index contributed by atoms with van der Waals surface area (Å²) in [7, 11) is 0. The van der Waals surface area contributed by atoms with E-state index in [4.69, 9.17) is 9.84 Å². The summed E-state index contributed by atoms with van der Waals surface area (Å²) in [5.41, 5.74) is 1.65. The molecule has 0 saturated heterocycles. The van der Waals surface area contributed by atoms with Crippen LogP contribution in [0.1, 0.15) is 38.1 Å². The zero-order chi connectivity index (χ0) is 10.4. The number of imidazole rings is 1. The molecule has 0 unspecified atom stereocenters. The van der Waals surface area contributed by atoms with Crippen molar-refractivity contribution in [2.45, 2.75) is 39.7 Å².